The first-order valence-corrected chi connectivity index (χ1v) is 13.4. The molecule has 190 valence electrons. The molecule has 0 aliphatic heterocycles. The molecule has 3 aromatic rings. The highest BCUT2D eigenvalue weighted by molar-refractivity contribution is 7.13. The van der Waals surface area contributed by atoms with E-state index in [0.29, 0.717) is 39.9 Å². The largest absolute Gasteiger partial charge is 0.377 e. The summed E-state index contributed by atoms with van der Waals surface area (Å²) in [5.41, 5.74) is 2.77. The van der Waals surface area contributed by atoms with Crippen LogP contribution in [0.4, 0.5) is 11.4 Å². The van der Waals surface area contributed by atoms with E-state index in [4.69, 9.17) is 11.6 Å². The van der Waals surface area contributed by atoms with E-state index >= 15 is 0 Å². The van der Waals surface area contributed by atoms with Crippen molar-refractivity contribution in [2.24, 2.45) is 18.4 Å². The van der Waals surface area contributed by atoms with Crippen LogP contribution in [0.2, 0.25) is 5.02 Å². The molecule has 11 heteroatoms. The zero-order valence-electron chi connectivity index (χ0n) is 20.4. The quantitative estimate of drug-likeness (QED) is 0.376. The van der Waals surface area contributed by atoms with Gasteiger partial charge in [-0.3, -0.25) is 19.3 Å². The molecule has 36 heavy (non-hydrogen) atoms. The summed E-state index contributed by atoms with van der Waals surface area (Å²) in [6.45, 7) is 2.33. The number of anilines is 2. The molecule has 9 nitrogen and oxygen atoms in total. The molecule has 2 amide bonds. The van der Waals surface area contributed by atoms with Gasteiger partial charge in [0.2, 0.25) is 5.91 Å². The molecule has 0 saturated heterocycles. The van der Waals surface area contributed by atoms with E-state index in [1.165, 1.54) is 30.6 Å². The summed E-state index contributed by atoms with van der Waals surface area (Å²) >= 11 is 7.34. The molecule has 1 atom stereocenters. The molecule has 2 saturated carbocycles. The van der Waals surface area contributed by atoms with Crippen LogP contribution in [0, 0.1) is 18.3 Å². The van der Waals surface area contributed by atoms with Gasteiger partial charge in [-0.2, -0.15) is 5.10 Å². The highest BCUT2D eigenvalue weighted by atomic mass is 35.5. The van der Waals surface area contributed by atoms with Gasteiger partial charge in [0.15, 0.2) is 0 Å². The van der Waals surface area contributed by atoms with Crippen LogP contribution in [0.1, 0.15) is 58.9 Å². The standard InChI is InChI=1S/C25H30ClN7O2S/c1-15-19(7-17(26)10-27-15)28-13-22-29-12-21(36-22)24(35)32-20(6-16-8-25(9-16)4-3-5-25)23(34)31-18-11-30-33(2)14-18/h7,10-12,14,16,20,28H,3-6,8-9,13H2,1-2H3,(H,31,34)(H,32,35). The van der Waals surface area contributed by atoms with Crippen LogP contribution in [0.25, 0.3) is 0 Å². The van der Waals surface area contributed by atoms with Crippen molar-refractivity contribution in [3.63, 3.8) is 0 Å². The number of amides is 2. The van der Waals surface area contributed by atoms with Gasteiger partial charge in [-0.25, -0.2) is 4.98 Å². The average molecular weight is 528 g/mol. The first-order valence-electron chi connectivity index (χ1n) is 12.2. The second-order valence-electron chi connectivity index (χ2n) is 10.0. The maximum absolute atomic E-state index is 13.1. The summed E-state index contributed by atoms with van der Waals surface area (Å²) in [6, 6.07) is 1.19. The maximum atomic E-state index is 13.1. The number of thiazole rings is 1. The van der Waals surface area contributed by atoms with Crippen LogP contribution < -0.4 is 16.0 Å². The number of nitrogens with zero attached hydrogens (tertiary/aromatic N) is 4. The minimum Gasteiger partial charge on any atom is -0.377 e. The molecule has 5 rings (SSSR count). The monoisotopic (exact) mass is 527 g/mol. The van der Waals surface area contributed by atoms with E-state index in [2.05, 4.69) is 31.0 Å². The second kappa shape index (κ2) is 10.2. The lowest BCUT2D eigenvalue weighted by molar-refractivity contribution is -0.119. The topological polar surface area (TPSA) is 114 Å². The van der Waals surface area contributed by atoms with Gasteiger partial charge in [0, 0.05) is 19.4 Å². The summed E-state index contributed by atoms with van der Waals surface area (Å²) in [6.07, 6.45) is 13.3. The average Bonchev–Trinajstić information content (AvgIpc) is 3.43. The van der Waals surface area contributed by atoms with Crippen molar-refractivity contribution in [3.05, 3.63) is 51.5 Å². The lowest BCUT2D eigenvalue weighted by Gasteiger charge is -2.55. The first kappa shape index (κ1) is 24.7. The summed E-state index contributed by atoms with van der Waals surface area (Å²) in [5.74, 6) is -0.0596. The Kier molecular flexibility index (Phi) is 6.98. The van der Waals surface area contributed by atoms with Crippen molar-refractivity contribution in [1.82, 2.24) is 25.1 Å². The number of hydrogen-bond donors (Lipinski definition) is 3. The van der Waals surface area contributed by atoms with Crippen molar-refractivity contribution in [2.75, 3.05) is 10.6 Å². The minimum absolute atomic E-state index is 0.221. The number of nitrogens with one attached hydrogen (secondary N) is 3. The Morgan fingerprint density at radius 2 is 2.06 bits per heavy atom. The van der Waals surface area contributed by atoms with E-state index in [-0.39, 0.29) is 11.8 Å². The lowest BCUT2D eigenvalue weighted by Crippen LogP contribution is -2.49. The summed E-state index contributed by atoms with van der Waals surface area (Å²) in [5, 5.41) is 14.5. The fourth-order valence-electron chi connectivity index (χ4n) is 5.28. The van der Waals surface area contributed by atoms with Gasteiger partial charge in [0.1, 0.15) is 15.9 Å². The number of aromatic nitrogens is 4. The van der Waals surface area contributed by atoms with E-state index in [9.17, 15) is 9.59 Å². The third-order valence-corrected chi connectivity index (χ3v) is 8.48. The minimum atomic E-state index is -0.621. The molecule has 0 bridgehead atoms. The third-order valence-electron chi connectivity index (χ3n) is 7.28. The predicted molar refractivity (Wildman–Crippen MR) is 140 cm³/mol. The van der Waals surface area contributed by atoms with Gasteiger partial charge in [0.25, 0.3) is 5.91 Å². The Bertz CT molecular complexity index is 1260. The molecule has 0 radical (unpaired) electrons. The van der Waals surface area contributed by atoms with E-state index in [0.717, 1.165) is 29.2 Å². The van der Waals surface area contributed by atoms with Gasteiger partial charge < -0.3 is 16.0 Å². The van der Waals surface area contributed by atoms with Crippen molar-refractivity contribution in [2.45, 2.75) is 58.0 Å². The van der Waals surface area contributed by atoms with Crippen molar-refractivity contribution < 1.29 is 9.59 Å². The molecule has 3 aromatic heterocycles. The molecule has 3 N–H and O–H groups in total. The van der Waals surface area contributed by atoms with Crippen LogP contribution in [0.15, 0.2) is 30.9 Å². The number of halogens is 1. The molecule has 0 aromatic carbocycles. The second-order valence-corrected chi connectivity index (χ2v) is 11.6. The van der Waals surface area contributed by atoms with Gasteiger partial charge >= 0.3 is 0 Å². The fourth-order valence-corrected chi connectivity index (χ4v) is 6.20. The van der Waals surface area contributed by atoms with Gasteiger partial charge in [-0.15, -0.1) is 11.3 Å². The summed E-state index contributed by atoms with van der Waals surface area (Å²) in [7, 11) is 1.79. The Hall–Kier alpha value is -2.98. The van der Waals surface area contributed by atoms with Crippen LogP contribution in [-0.4, -0.2) is 37.6 Å². The molecular weight excluding hydrogens is 498 g/mol. The molecule has 2 fully saturated rings. The van der Waals surface area contributed by atoms with E-state index in [1.807, 2.05) is 13.0 Å². The molecule has 2 aliphatic carbocycles. The Morgan fingerprint density at radius 1 is 1.25 bits per heavy atom. The predicted octanol–water partition coefficient (Wildman–Crippen LogP) is 4.55. The van der Waals surface area contributed by atoms with Gasteiger partial charge in [0.05, 0.1) is 41.0 Å². The third kappa shape index (κ3) is 5.54. The Balaban J connectivity index is 1.22. The summed E-state index contributed by atoms with van der Waals surface area (Å²) in [4.78, 5) is 35.3. The highest BCUT2D eigenvalue weighted by Gasteiger charge is 2.48. The number of hydrogen-bond acceptors (Lipinski definition) is 7. The van der Waals surface area contributed by atoms with Crippen molar-refractivity contribution in [3.8, 4) is 0 Å². The maximum Gasteiger partial charge on any atom is 0.263 e. The highest BCUT2D eigenvalue weighted by Crippen LogP contribution is 2.59. The van der Waals surface area contributed by atoms with E-state index in [1.54, 1.807) is 36.5 Å². The number of rotatable bonds is 9. The van der Waals surface area contributed by atoms with Crippen LogP contribution in [0.5, 0.6) is 0 Å². The number of carbonyl (C=O) groups excluding carboxylic acids is 2. The van der Waals surface area contributed by atoms with E-state index < -0.39 is 6.04 Å². The van der Waals surface area contributed by atoms with Gasteiger partial charge in [-0.1, -0.05) is 18.0 Å². The molecule has 1 unspecified atom stereocenters. The Labute approximate surface area is 219 Å². The molecule has 3 heterocycles. The molecular formula is C25H30ClN7O2S. The van der Waals surface area contributed by atoms with Crippen LogP contribution >= 0.6 is 22.9 Å². The zero-order chi connectivity index (χ0) is 25.3. The number of pyridine rings is 1. The molecule has 1 spiro atoms. The Morgan fingerprint density at radius 3 is 2.75 bits per heavy atom. The lowest BCUT2D eigenvalue weighted by atomic mass is 9.51. The number of carbonyl (C=O) groups is 2. The number of aryl methyl sites for hydroxylation is 2. The van der Waals surface area contributed by atoms with Crippen LogP contribution in [0.3, 0.4) is 0 Å². The fraction of sp³-hybridized carbons (Fsp3) is 0.480. The summed E-state index contributed by atoms with van der Waals surface area (Å²) < 4.78 is 1.63. The normalized spacial score (nSPS) is 17.2. The SMILES string of the molecule is Cc1ncc(Cl)cc1NCc1ncc(C(=O)NC(CC2CC3(CCC3)C2)C(=O)Nc2cnn(C)c2)s1. The molecule has 2 aliphatic rings. The smallest absolute Gasteiger partial charge is 0.263 e. The van der Waals surface area contributed by atoms with Crippen molar-refractivity contribution >= 4 is 46.1 Å². The van der Waals surface area contributed by atoms with Gasteiger partial charge in [-0.05, 0) is 56.4 Å². The zero-order valence-corrected chi connectivity index (χ0v) is 22.0. The first-order chi connectivity index (χ1) is 17.3. The van der Waals surface area contributed by atoms with Crippen LogP contribution in [-0.2, 0) is 18.4 Å². The van der Waals surface area contributed by atoms with Crippen molar-refractivity contribution in [1.29, 1.82) is 0 Å².